The van der Waals surface area contributed by atoms with Gasteiger partial charge in [0.1, 0.15) is 0 Å². The number of rotatable bonds is 5. The minimum Gasteiger partial charge on any atom is -0.396 e. The van der Waals surface area contributed by atoms with Crippen LogP contribution in [-0.4, -0.2) is 31.9 Å². The lowest BCUT2D eigenvalue weighted by Gasteiger charge is -2.23. The molecule has 0 spiro atoms. The molecule has 0 aromatic heterocycles. The third kappa shape index (κ3) is 3.74. The fourth-order valence-corrected chi connectivity index (χ4v) is 3.45. The van der Waals surface area contributed by atoms with Crippen LogP contribution in [0.2, 0.25) is 0 Å². The number of aliphatic hydroxyl groups is 1. The molecule has 0 radical (unpaired) electrons. The van der Waals surface area contributed by atoms with Crippen LogP contribution in [0.3, 0.4) is 0 Å². The molecule has 1 rings (SSSR count). The van der Waals surface area contributed by atoms with E-state index in [1.54, 1.807) is 0 Å². The SMILES string of the molecule is CC(C)(CO)CNS(=O)(=O)C1CCCC1. The fourth-order valence-electron chi connectivity index (χ4n) is 1.67. The van der Waals surface area contributed by atoms with E-state index in [4.69, 9.17) is 5.11 Å². The quantitative estimate of drug-likeness (QED) is 0.743. The summed E-state index contributed by atoms with van der Waals surface area (Å²) in [6.07, 6.45) is 3.56. The number of hydrogen-bond acceptors (Lipinski definition) is 3. The first-order chi connectivity index (χ1) is 6.87. The zero-order chi connectivity index (χ0) is 11.5. The summed E-state index contributed by atoms with van der Waals surface area (Å²) in [6, 6.07) is 0. The molecule has 2 N–H and O–H groups in total. The van der Waals surface area contributed by atoms with E-state index in [0.717, 1.165) is 25.7 Å². The van der Waals surface area contributed by atoms with Gasteiger partial charge in [0.25, 0.3) is 0 Å². The molecule has 0 atom stereocenters. The largest absolute Gasteiger partial charge is 0.396 e. The highest BCUT2D eigenvalue weighted by atomic mass is 32.2. The van der Waals surface area contributed by atoms with Crippen LogP contribution in [0.15, 0.2) is 0 Å². The smallest absolute Gasteiger partial charge is 0.214 e. The van der Waals surface area contributed by atoms with Crippen LogP contribution in [0.4, 0.5) is 0 Å². The predicted octanol–water partition coefficient (Wildman–Crippen LogP) is 0.867. The van der Waals surface area contributed by atoms with E-state index < -0.39 is 10.0 Å². The molecule has 0 amide bonds. The number of sulfonamides is 1. The van der Waals surface area contributed by atoms with Crippen molar-refractivity contribution < 1.29 is 13.5 Å². The van der Waals surface area contributed by atoms with E-state index in [1.807, 2.05) is 13.8 Å². The topological polar surface area (TPSA) is 66.4 Å². The Balaban J connectivity index is 2.50. The first-order valence-electron chi connectivity index (χ1n) is 5.47. The van der Waals surface area contributed by atoms with E-state index in [-0.39, 0.29) is 17.3 Å². The molecule has 5 heteroatoms. The Morgan fingerprint density at radius 1 is 1.33 bits per heavy atom. The third-order valence-electron chi connectivity index (χ3n) is 2.92. The molecular formula is C10H21NO3S. The van der Waals surface area contributed by atoms with E-state index in [0.29, 0.717) is 6.54 Å². The van der Waals surface area contributed by atoms with Crippen LogP contribution in [-0.2, 0) is 10.0 Å². The number of hydrogen-bond donors (Lipinski definition) is 2. The lowest BCUT2D eigenvalue weighted by atomic mass is 9.96. The maximum atomic E-state index is 11.8. The molecule has 0 aliphatic heterocycles. The van der Waals surface area contributed by atoms with Gasteiger partial charge >= 0.3 is 0 Å². The van der Waals surface area contributed by atoms with Crippen LogP contribution < -0.4 is 4.72 Å². The zero-order valence-electron chi connectivity index (χ0n) is 9.49. The van der Waals surface area contributed by atoms with Gasteiger partial charge in [0.2, 0.25) is 10.0 Å². The predicted molar refractivity (Wildman–Crippen MR) is 60.0 cm³/mol. The molecule has 1 aliphatic carbocycles. The molecule has 0 aromatic carbocycles. The molecule has 1 fully saturated rings. The summed E-state index contributed by atoms with van der Waals surface area (Å²) in [5.74, 6) is 0. The Morgan fingerprint density at radius 2 is 1.87 bits per heavy atom. The summed E-state index contributed by atoms with van der Waals surface area (Å²) in [5.41, 5.74) is -0.383. The number of nitrogens with one attached hydrogen (secondary N) is 1. The van der Waals surface area contributed by atoms with E-state index >= 15 is 0 Å². The second-order valence-corrected chi connectivity index (χ2v) is 7.14. The van der Waals surface area contributed by atoms with Gasteiger partial charge in [0.05, 0.1) is 5.25 Å². The molecule has 1 aliphatic rings. The average molecular weight is 235 g/mol. The second-order valence-electron chi connectivity index (χ2n) is 5.09. The molecule has 0 saturated heterocycles. The molecule has 4 nitrogen and oxygen atoms in total. The number of aliphatic hydroxyl groups excluding tert-OH is 1. The normalized spacial score (nSPS) is 19.7. The third-order valence-corrected chi connectivity index (χ3v) is 4.82. The van der Waals surface area contributed by atoms with Crippen molar-refractivity contribution in [2.24, 2.45) is 5.41 Å². The average Bonchev–Trinajstić information content (AvgIpc) is 2.69. The van der Waals surface area contributed by atoms with Crippen molar-refractivity contribution in [2.75, 3.05) is 13.2 Å². The van der Waals surface area contributed by atoms with Crippen molar-refractivity contribution in [3.05, 3.63) is 0 Å². The first-order valence-corrected chi connectivity index (χ1v) is 7.01. The summed E-state index contributed by atoms with van der Waals surface area (Å²) in [5, 5.41) is 8.81. The zero-order valence-corrected chi connectivity index (χ0v) is 10.3. The maximum Gasteiger partial charge on any atom is 0.214 e. The van der Waals surface area contributed by atoms with Crippen molar-refractivity contribution in [3.8, 4) is 0 Å². The van der Waals surface area contributed by atoms with Crippen LogP contribution in [0, 0.1) is 5.41 Å². The summed E-state index contributed by atoms with van der Waals surface area (Å²) in [4.78, 5) is 0. The van der Waals surface area contributed by atoms with Crippen molar-refractivity contribution >= 4 is 10.0 Å². The molecule has 15 heavy (non-hydrogen) atoms. The Bertz CT molecular complexity index is 292. The van der Waals surface area contributed by atoms with Crippen LogP contribution in [0.1, 0.15) is 39.5 Å². The van der Waals surface area contributed by atoms with Gasteiger partial charge in [-0.15, -0.1) is 0 Å². The standard InChI is InChI=1S/C10H21NO3S/c1-10(2,8-12)7-11-15(13,14)9-5-3-4-6-9/h9,11-12H,3-8H2,1-2H3. The molecule has 90 valence electrons. The van der Waals surface area contributed by atoms with Gasteiger partial charge < -0.3 is 5.11 Å². The summed E-state index contributed by atoms with van der Waals surface area (Å²) >= 11 is 0. The highest BCUT2D eigenvalue weighted by Gasteiger charge is 2.30. The van der Waals surface area contributed by atoms with Gasteiger partial charge in [-0.05, 0) is 12.8 Å². The van der Waals surface area contributed by atoms with Gasteiger partial charge in [-0.1, -0.05) is 26.7 Å². The molecule has 0 aromatic rings. The molecule has 0 unspecified atom stereocenters. The maximum absolute atomic E-state index is 11.8. The first kappa shape index (κ1) is 12.9. The van der Waals surface area contributed by atoms with E-state index in [1.165, 1.54) is 0 Å². The summed E-state index contributed by atoms with van der Waals surface area (Å²) in [7, 11) is -3.16. The summed E-state index contributed by atoms with van der Waals surface area (Å²) in [6.45, 7) is 3.97. The Hall–Kier alpha value is -0.130. The lowest BCUT2D eigenvalue weighted by Crippen LogP contribution is -2.40. The molecule has 1 saturated carbocycles. The van der Waals surface area contributed by atoms with Crippen molar-refractivity contribution in [1.29, 1.82) is 0 Å². The van der Waals surface area contributed by atoms with Crippen LogP contribution in [0.5, 0.6) is 0 Å². The van der Waals surface area contributed by atoms with Crippen molar-refractivity contribution in [3.63, 3.8) is 0 Å². The molecular weight excluding hydrogens is 214 g/mol. The Labute approximate surface area is 92.1 Å². The monoisotopic (exact) mass is 235 g/mol. The van der Waals surface area contributed by atoms with Gasteiger partial charge in [-0.25, -0.2) is 13.1 Å². The minimum atomic E-state index is -3.16. The Morgan fingerprint density at radius 3 is 2.33 bits per heavy atom. The molecule has 0 bridgehead atoms. The lowest BCUT2D eigenvalue weighted by molar-refractivity contribution is 0.163. The van der Waals surface area contributed by atoms with Crippen LogP contribution >= 0.6 is 0 Å². The van der Waals surface area contributed by atoms with Crippen molar-refractivity contribution in [1.82, 2.24) is 4.72 Å². The molecule has 0 heterocycles. The highest BCUT2D eigenvalue weighted by molar-refractivity contribution is 7.90. The van der Waals surface area contributed by atoms with Gasteiger partial charge in [0, 0.05) is 18.6 Å². The van der Waals surface area contributed by atoms with Gasteiger partial charge in [0.15, 0.2) is 0 Å². The highest BCUT2D eigenvalue weighted by Crippen LogP contribution is 2.24. The summed E-state index contributed by atoms with van der Waals surface area (Å²) < 4.78 is 26.2. The second kappa shape index (κ2) is 4.80. The minimum absolute atomic E-state index is 0.0137. The van der Waals surface area contributed by atoms with Crippen LogP contribution in [0.25, 0.3) is 0 Å². The van der Waals surface area contributed by atoms with E-state index in [9.17, 15) is 8.42 Å². The Kier molecular flexibility index (Phi) is 4.14. The van der Waals surface area contributed by atoms with E-state index in [2.05, 4.69) is 4.72 Å². The fraction of sp³-hybridized carbons (Fsp3) is 1.00. The van der Waals surface area contributed by atoms with Gasteiger partial charge in [-0.3, -0.25) is 0 Å². The van der Waals surface area contributed by atoms with Crippen molar-refractivity contribution in [2.45, 2.75) is 44.8 Å². The van der Waals surface area contributed by atoms with Gasteiger partial charge in [-0.2, -0.15) is 0 Å².